The van der Waals surface area contributed by atoms with Gasteiger partial charge in [-0.25, -0.2) is 8.42 Å². The van der Waals surface area contributed by atoms with Gasteiger partial charge in [-0.1, -0.05) is 12.1 Å². The molecule has 0 heterocycles. The summed E-state index contributed by atoms with van der Waals surface area (Å²) in [4.78, 5) is 11.1. The highest BCUT2D eigenvalue weighted by atomic mass is 32.2. The van der Waals surface area contributed by atoms with Gasteiger partial charge in [0.2, 0.25) is 5.91 Å². The molecule has 7 nitrogen and oxygen atoms in total. The molecule has 0 aliphatic heterocycles. The maximum absolute atomic E-state index is 13.7. The minimum Gasteiger partial charge on any atom is -0.493 e. The van der Waals surface area contributed by atoms with E-state index in [9.17, 15) is 26.4 Å². The largest absolute Gasteiger partial charge is 0.493 e. The molecular weight excluding hydrogens is 485 g/mol. The Morgan fingerprint density at radius 3 is 2.17 bits per heavy atom. The Hall–Kier alpha value is -3.73. The van der Waals surface area contributed by atoms with Crippen LogP contribution in [0.2, 0.25) is 0 Å². The van der Waals surface area contributed by atoms with Crippen LogP contribution in [0.4, 0.5) is 24.5 Å². The second-order valence-corrected chi connectivity index (χ2v) is 9.32. The van der Waals surface area contributed by atoms with E-state index in [-0.39, 0.29) is 34.3 Å². The fourth-order valence-electron chi connectivity index (χ4n) is 3.35. The topological polar surface area (TPSA) is 84.9 Å². The van der Waals surface area contributed by atoms with Crippen LogP contribution in [-0.2, 0) is 27.5 Å². The summed E-state index contributed by atoms with van der Waals surface area (Å²) in [6, 6.07) is 14.3. The Bertz CT molecular complexity index is 1310. The second-order valence-electron chi connectivity index (χ2n) is 7.45. The monoisotopic (exact) mass is 508 g/mol. The van der Waals surface area contributed by atoms with Crippen molar-refractivity contribution in [3.8, 4) is 11.5 Å². The molecule has 35 heavy (non-hydrogen) atoms. The summed E-state index contributed by atoms with van der Waals surface area (Å²) in [5, 5.41) is 2.55. The van der Waals surface area contributed by atoms with Gasteiger partial charge in [-0.15, -0.1) is 0 Å². The zero-order valence-corrected chi connectivity index (χ0v) is 19.9. The summed E-state index contributed by atoms with van der Waals surface area (Å²) in [6.45, 7) is 0.938. The third-order valence-corrected chi connectivity index (χ3v) is 6.79. The molecule has 0 saturated carbocycles. The zero-order valence-electron chi connectivity index (χ0n) is 19.1. The van der Waals surface area contributed by atoms with E-state index in [2.05, 4.69) is 5.32 Å². The van der Waals surface area contributed by atoms with Crippen molar-refractivity contribution in [3.63, 3.8) is 0 Å². The number of ether oxygens (including phenoxy) is 2. The molecule has 11 heteroatoms. The number of hydrogen-bond acceptors (Lipinski definition) is 5. The van der Waals surface area contributed by atoms with Crippen LogP contribution >= 0.6 is 0 Å². The molecule has 0 aliphatic rings. The minimum absolute atomic E-state index is 0.117. The number of anilines is 2. The van der Waals surface area contributed by atoms with Gasteiger partial charge in [-0.2, -0.15) is 13.2 Å². The number of nitrogens with one attached hydrogen (secondary N) is 1. The molecule has 0 saturated heterocycles. The third kappa shape index (κ3) is 6.04. The lowest BCUT2D eigenvalue weighted by molar-refractivity contribution is -0.137. The van der Waals surface area contributed by atoms with Gasteiger partial charge in [-0.05, 0) is 54.1 Å². The molecule has 0 radical (unpaired) electrons. The minimum atomic E-state index is -4.58. The Kier molecular flexibility index (Phi) is 7.59. The first kappa shape index (κ1) is 25.9. The molecular formula is C24H23F3N2O5S. The number of sulfonamides is 1. The summed E-state index contributed by atoms with van der Waals surface area (Å²) >= 11 is 0. The number of alkyl halides is 3. The zero-order chi connectivity index (χ0) is 25.8. The predicted molar refractivity (Wildman–Crippen MR) is 125 cm³/mol. The van der Waals surface area contributed by atoms with E-state index in [1.165, 1.54) is 75.7 Å². The van der Waals surface area contributed by atoms with E-state index in [1.54, 1.807) is 0 Å². The van der Waals surface area contributed by atoms with Gasteiger partial charge in [-0.3, -0.25) is 9.10 Å². The molecule has 3 aromatic carbocycles. The van der Waals surface area contributed by atoms with E-state index < -0.39 is 21.8 Å². The molecule has 0 spiro atoms. The van der Waals surface area contributed by atoms with Gasteiger partial charge < -0.3 is 14.8 Å². The highest BCUT2D eigenvalue weighted by molar-refractivity contribution is 7.92. The summed E-state index contributed by atoms with van der Waals surface area (Å²) in [7, 11) is -1.44. The summed E-state index contributed by atoms with van der Waals surface area (Å²) in [5.41, 5.74) is -0.203. The van der Waals surface area contributed by atoms with Gasteiger partial charge in [0, 0.05) is 18.7 Å². The van der Waals surface area contributed by atoms with Crippen molar-refractivity contribution in [2.45, 2.75) is 24.5 Å². The van der Waals surface area contributed by atoms with Crippen LogP contribution in [-0.4, -0.2) is 28.5 Å². The van der Waals surface area contributed by atoms with Gasteiger partial charge >= 0.3 is 6.18 Å². The quantitative estimate of drug-likeness (QED) is 0.459. The lowest BCUT2D eigenvalue weighted by atomic mass is 10.1. The Balaban J connectivity index is 2.10. The molecule has 3 rings (SSSR count). The van der Waals surface area contributed by atoms with E-state index in [4.69, 9.17) is 9.47 Å². The first-order valence-corrected chi connectivity index (χ1v) is 11.7. The lowest BCUT2D eigenvalue weighted by Crippen LogP contribution is -2.30. The van der Waals surface area contributed by atoms with Crippen molar-refractivity contribution in [3.05, 3.63) is 77.9 Å². The highest BCUT2D eigenvalue weighted by Crippen LogP contribution is 2.36. The Morgan fingerprint density at radius 2 is 1.60 bits per heavy atom. The average Bonchev–Trinajstić information content (AvgIpc) is 2.81. The molecule has 0 aliphatic carbocycles. The van der Waals surface area contributed by atoms with Gasteiger partial charge in [0.1, 0.15) is 0 Å². The predicted octanol–water partition coefficient (Wildman–Crippen LogP) is 5.08. The molecule has 3 aromatic rings. The number of carbonyl (C=O) groups excluding carboxylic acids is 1. The van der Waals surface area contributed by atoms with Crippen molar-refractivity contribution in [1.29, 1.82) is 0 Å². The smallest absolute Gasteiger partial charge is 0.416 e. The van der Waals surface area contributed by atoms with Crippen LogP contribution in [0.25, 0.3) is 0 Å². The fraction of sp³-hybridized carbons (Fsp3) is 0.208. The average molecular weight is 509 g/mol. The van der Waals surface area contributed by atoms with E-state index in [0.717, 1.165) is 16.4 Å². The van der Waals surface area contributed by atoms with Crippen LogP contribution in [0.15, 0.2) is 71.6 Å². The summed E-state index contributed by atoms with van der Waals surface area (Å²) < 4.78 is 78.5. The van der Waals surface area contributed by atoms with Gasteiger partial charge in [0.25, 0.3) is 10.0 Å². The van der Waals surface area contributed by atoms with Crippen molar-refractivity contribution < 1.29 is 35.9 Å². The maximum atomic E-state index is 13.7. The number of benzene rings is 3. The molecule has 0 aromatic heterocycles. The van der Waals surface area contributed by atoms with Crippen LogP contribution in [0.5, 0.6) is 11.5 Å². The molecule has 186 valence electrons. The standard InChI is InChI=1S/C24H23F3N2O5S/c1-16(30)28-19-7-10-21(11-8-19)35(31,32)29(20-9-12-22(33-2)23(14-20)34-3)15-17-5-4-6-18(13-17)24(25,26)27/h4-14H,15H2,1-3H3,(H,28,30). The normalized spacial score (nSPS) is 11.6. The summed E-state index contributed by atoms with van der Waals surface area (Å²) in [5.74, 6) is 0.277. The number of hydrogen-bond donors (Lipinski definition) is 1. The molecule has 0 bridgehead atoms. The first-order chi connectivity index (χ1) is 16.5. The molecule has 1 amide bonds. The maximum Gasteiger partial charge on any atom is 0.416 e. The van der Waals surface area contributed by atoms with Crippen molar-refractivity contribution >= 4 is 27.3 Å². The number of carbonyl (C=O) groups is 1. The van der Waals surface area contributed by atoms with Crippen molar-refractivity contribution in [2.75, 3.05) is 23.8 Å². The van der Waals surface area contributed by atoms with Crippen molar-refractivity contribution in [2.24, 2.45) is 0 Å². The van der Waals surface area contributed by atoms with E-state index in [0.29, 0.717) is 11.4 Å². The fourth-order valence-corrected chi connectivity index (χ4v) is 4.79. The van der Waals surface area contributed by atoms with Gasteiger partial charge in [0.05, 0.1) is 36.9 Å². The number of rotatable bonds is 8. The SMILES string of the molecule is COc1ccc(N(Cc2cccc(C(F)(F)F)c2)S(=O)(=O)c2ccc(NC(C)=O)cc2)cc1OC. The number of nitrogens with zero attached hydrogens (tertiary/aromatic N) is 1. The van der Waals surface area contributed by atoms with E-state index >= 15 is 0 Å². The summed E-state index contributed by atoms with van der Waals surface area (Å²) in [6.07, 6.45) is -4.58. The first-order valence-electron chi connectivity index (χ1n) is 10.2. The van der Waals surface area contributed by atoms with Crippen LogP contribution < -0.4 is 19.1 Å². The Morgan fingerprint density at radius 1 is 0.943 bits per heavy atom. The number of methoxy groups -OCH3 is 2. The molecule has 0 fully saturated rings. The number of halogens is 3. The molecule has 0 atom stereocenters. The van der Waals surface area contributed by atoms with Crippen LogP contribution in [0.1, 0.15) is 18.1 Å². The lowest BCUT2D eigenvalue weighted by Gasteiger charge is -2.26. The molecule has 0 unspecified atom stereocenters. The second kappa shape index (κ2) is 10.3. The Labute approximate surface area is 201 Å². The van der Waals surface area contributed by atoms with Crippen LogP contribution in [0.3, 0.4) is 0 Å². The van der Waals surface area contributed by atoms with Crippen LogP contribution in [0, 0.1) is 0 Å². The van der Waals surface area contributed by atoms with E-state index in [1.807, 2.05) is 0 Å². The van der Waals surface area contributed by atoms with Crippen molar-refractivity contribution in [1.82, 2.24) is 0 Å². The van der Waals surface area contributed by atoms with Gasteiger partial charge in [0.15, 0.2) is 11.5 Å². The highest BCUT2D eigenvalue weighted by Gasteiger charge is 2.31. The third-order valence-electron chi connectivity index (χ3n) is 5.00. The number of amides is 1. The molecule has 1 N–H and O–H groups in total.